The molecule has 7 heteroatoms. The summed E-state index contributed by atoms with van der Waals surface area (Å²) in [6.07, 6.45) is 9.24. The van der Waals surface area contributed by atoms with E-state index in [9.17, 15) is 4.79 Å². The standard InChI is InChI=1S/C20H21N5O2/c26-18(8-3-5-15-9-12-21-13-10-15)25-14-4-7-17(25)20-24-23-19(27-20)16-6-1-2-11-22-16/h1-2,6,9-13,17H,3-5,7-8,14H2/t17-/m1/s1. The Morgan fingerprint density at radius 3 is 2.85 bits per heavy atom. The molecule has 0 bridgehead atoms. The minimum Gasteiger partial charge on any atom is -0.417 e. The van der Waals surface area contributed by atoms with Gasteiger partial charge in [-0.2, -0.15) is 0 Å². The van der Waals surface area contributed by atoms with Crippen molar-refractivity contribution in [2.45, 2.75) is 38.1 Å². The minimum absolute atomic E-state index is 0.136. The van der Waals surface area contributed by atoms with Gasteiger partial charge in [0.05, 0.1) is 0 Å². The predicted octanol–water partition coefficient (Wildman–Crippen LogP) is 3.21. The van der Waals surface area contributed by atoms with E-state index in [4.69, 9.17) is 4.42 Å². The van der Waals surface area contributed by atoms with Crippen LogP contribution in [0.5, 0.6) is 0 Å². The lowest BCUT2D eigenvalue weighted by Gasteiger charge is -2.22. The van der Waals surface area contributed by atoms with Crippen LogP contribution in [0.3, 0.4) is 0 Å². The van der Waals surface area contributed by atoms with Crippen LogP contribution in [0.2, 0.25) is 0 Å². The molecule has 7 nitrogen and oxygen atoms in total. The number of pyridine rings is 2. The highest BCUT2D eigenvalue weighted by Crippen LogP contribution is 2.33. The normalized spacial score (nSPS) is 16.6. The summed E-state index contributed by atoms with van der Waals surface area (Å²) in [4.78, 5) is 22.8. The van der Waals surface area contributed by atoms with E-state index in [1.807, 2.05) is 35.2 Å². The largest absolute Gasteiger partial charge is 0.417 e. The Bertz CT molecular complexity index is 882. The van der Waals surface area contributed by atoms with Crippen molar-refractivity contribution in [2.24, 2.45) is 0 Å². The average molecular weight is 363 g/mol. The molecule has 1 saturated heterocycles. The number of aromatic nitrogens is 4. The highest BCUT2D eigenvalue weighted by atomic mass is 16.4. The van der Waals surface area contributed by atoms with E-state index in [0.29, 0.717) is 23.9 Å². The summed E-state index contributed by atoms with van der Waals surface area (Å²) in [5, 5.41) is 8.28. The van der Waals surface area contributed by atoms with Crippen molar-refractivity contribution in [2.75, 3.05) is 6.54 Å². The topological polar surface area (TPSA) is 85.0 Å². The molecule has 0 saturated carbocycles. The van der Waals surface area contributed by atoms with Gasteiger partial charge in [0.15, 0.2) is 0 Å². The van der Waals surface area contributed by atoms with Crippen LogP contribution in [0.25, 0.3) is 11.6 Å². The number of hydrogen-bond acceptors (Lipinski definition) is 6. The van der Waals surface area contributed by atoms with E-state index in [1.165, 1.54) is 5.56 Å². The summed E-state index contributed by atoms with van der Waals surface area (Å²) < 4.78 is 5.82. The molecule has 1 aliphatic heterocycles. The molecule has 0 N–H and O–H groups in total. The van der Waals surface area contributed by atoms with E-state index in [-0.39, 0.29) is 11.9 Å². The highest BCUT2D eigenvalue weighted by Gasteiger charge is 2.33. The second-order valence-corrected chi connectivity index (χ2v) is 6.61. The van der Waals surface area contributed by atoms with Gasteiger partial charge in [-0.05, 0) is 55.5 Å². The van der Waals surface area contributed by atoms with Gasteiger partial charge in [-0.3, -0.25) is 14.8 Å². The zero-order valence-corrected chi connectivity index (χ0v) is 15.0. The Hall–Kier alpha value is -3.09. The first-order chi connectivity index (χ1) is 13.3. The van der Waals surface area contributed by atoms with Gasteiger partial charge in [0.1, 0.15) is 11.7 Å². The van der Waals surface area contributed by atoms with Gasteiger partial charge in [-0.15, -0.1) is 10.2 Å². The Balaban J connectivity index is 1.38. The van der Waals surface area contributed by atoms with Crippen LogP contribution in [0.15, 0.2) is 53.3 Å². The van der Waals surface area contributed by atoms with Crippen molar-refractivity contribution in [3.63, 3.8) is 0 Å². The van der Waals surface area contributed by atoms with Gasteiger partial charge in [0.25, 0.3) is 5.89 Å². The molecule has 138 valence electrons. The summed E-state index contributed by atoms with van der Waals surface area (Å²) in [5.41, 5.74) is 1.84. The molecule has 1 fully saturated rings. The number of amides is 1. The molecular weight excluding hydrogens is 342 g/mol. The maximum atomic E-state index is 12.7. The van der Waals surface area contributed by atoms with E-state index >= 15 is 0 Å². The second kappa shape index (κ2) is 8.07. The smallest absolute Gasteiger partial charge is 0.266 e. The highest BCUT2D eigenvalue weighted by molar-refractivity contribution is 5.76. The molecule has 1 atom stereocenters. The number of aryl methyl sites for hydroxylation is 1. The quantitative estimate of drug-likeness (QED) is 0.668. The molecule has 3 aromatic rings. The minimum atomic E-state index is -0.136. The number of likely N-dealkylation sites (tertiary alicyclic amines) is 1. The van der Waals surface area contributed by atoms with Crippen molar-refractivity contribution in [3.05, 3.63) is 60.4 Å². The van der Waals surface area contributed by atoms with Crippen LogP contribution in [0.1, 0.15) is 43.2 Å². The van der Waals surface area contributed by atoms with Crippen molar-refractivity contribution >= 4 is 5.91 Å². The molecule has 4 heterocycles. The number of hydrogen-bond donors (Lipinski definition) is 0. The van der Waals surface area contributed by atoms with Gasteiger partial charge in [-0.1, -0.05) is 6.07 Å². The summed E-state index contributed by atoms with van der Waals surface area (Å²) in [6, 6.07) is 9.38. The summed E-state index contributed by atoms with van der Waals surface area (Å²) in [7, 11) is 0. The van der Waals surface area contributed by atoms with Gasteiger partial charge in [0.2, 0.25) is 11.8 Å². The van der Waals surface area contributed by atoms with Crippen molar-refractivity contribution in [1.82, 2.24) is 25.1 Å². The third-order valence-electron chi connectivity index (χ3n) is 4.79. The Morgan fingerprint density at radius 2 is 2.04 bits per heavy atom. The van der Waals surface area contributed by atoms with Crippen LogP contribution >= 0.6 is 0 Å². The molecule has 3 aromatic heterocycles. The van der Waals surface area contributed by atoms with Crippen molar-refractivity contribution in [3.8, 4) is 11.6 Å². The van der Waals surface area contributed by atoms with Gasteiger partial charge < -0.3 is 9.32 Å². The van der Waals surface area contributed by atoms with Crippen LogP contribution in [-0.4, -0.2) is 37.5 Å². The number of rotatable bonds is 6. The summed E-state index contributed by atoms with van der Waals surface area (Å²) in [5.74, 6) is 1.03. The van der Waals surface area contributed by atoms with Crippen LogP contribution in [0.4, 0.5) is 0 Å². The predicted molar refractivity (Wildman–Crippen MR) is 98.4 cm³/mol. The zero-order chi connectivity index (χ0) is 18.5. The Morgan fingerprint density at radius 1 is 1.15 bits per heavy atom. The molecule has 1 aliphatic rings. The lowest BCUT2D eigenvalue weighted by atomic mass is 10.1. The fraction of sp³-hybridized carbons (Fsp3) is 0.350. The molecule has 4 rings (SSSR count). The van der Waals surface area contributed by atoms with Crippen LogP contribution in [0, 0.1) is 0 Å². The lowest BCUT2D eigenvalue weighted by Crippen LogP contribution is -2.30. The van der Waals surface area contributed by atoms with E-state index in [0.717, 1.165) is 32.2 Å². The first-order valence-corrected chi connectivity index (χ1v) is 9.24. The zero-order valence-electron chi connectivity index (χ0n) is 15.0. The van der Waals surface area contributed by atoms with Gasteiger partial charge >= 0.3 is 0 Å². The lowest BCUT2D eigenvalue weighted by molar-refractivity contribution is -0.132. The Kier molecular flexibility index (Phi) is 5.18. The number of nitrogens with zero attached hydrogens (tertiary/aromatic N) is 5. The first-order valence-electron chi connectivity index (χ1n) is 9.24. The van der Waals surface area contributed by atoms with E-state index in [2.05, 4.69) is 20.2 Å². The fourth-order valence-corrected chi connectivity index (χ4v) is 3.42. The van der Waals surface area contributed by atoms with Gasteiger partial charge in [-0.25, -0.2) is 0 Å². The Labute approximate surface area is 157 Å². The summed E-state index contributed by atoms with van der Waals surface area (Å²) in [6.45, 7) is 0.736. The van der Waals surface area contributed by atoms with Crippen molar-refractivity contribution in [1.29, 1.82) is 0 Å². The molecule has 1 amide bonds. The monoisotopic (exact) mass is 363 g/mol. The first kappa shape index (κ1) is 17.3. The van der Waals surface area contributed by atoms with Crippen molar-refractivity contribution < 1.29 is 9.21 Å². The maximum absolute atomic E-state index is 12.7. The molecule has 27 heavy (non-hydrogen) atoms. The maximum Gasteiger partial charge on any atom is 0.266 e. The molecule has 0 aromatic carbocycles. The average Bonchev–Trinajstić information content (AvgIpc) is 3.39. The van der Waals surface area contributed by atoms with Crippen LogP contribution < -0.4 is 0 Å². The number of carbonyl (C=O) groups is 1. The van der Waals surface area contributed by atoms with Crippen LogP contribution in [-0.2, 0) is 11.2 Å². The third kappa shape index (κ3) is 4.02. The second-order valence-electron chi connectivity index (χ2n) is 6.61. The van der Waals surface area contributed by atoms with Gasteiger partial charge in [0, 0.05) is 31.6 Å². The fourth-order valence-electron chi connectivity index (χ4n) is 3.42. The summed E-state index contributed by atoms with van der Waals surface area (Å²) >= 11 is 0. The molecule has 0 unspecified atom stereocenters. The van der Waals surface area contributed by atoms with E-state index < -0.39 is 0 Å². The molecule has 0 aliphatic carbocycles. The van der Waals surface area contributed by atoms with E-state index in [1.54, 1.807) is 18.6 Å². The molecule has 0 spiro atoms. The molecular formula is C20H21N5O2. The molecule has 0 radical (unpaired) electrons. The SMILES string of the molecule is O=C(CCCc1ccncc1)N1CCC[C@@H]1c1nnc(-c2ccccn2)o1. The third-order valence-corrected chi connectivity index (χ3v) is 4.79. The number of carbonyl (C=O) groups excluding carboxylic acids is 1.